The zero-order chi connectivity index (χ0) is 26.9. The summed E-state index contributed by atoms with van der Waals surface area (Å²) < 4.78 is 37.1. The van der Waals surface area contributed by atoms with Crippen LogP contribution in [-0.2, 0) is 26.2 Å². The SMILES string of the molecule is CCCCNC(=O)C(C)N(Cc1ccccc1Cl)C(=O)CN(c1ccc(OC)cc1OC)S(C)(=O)=O. The maximum atomic E-state index is 13.6. The Kier molecular flexibility index (Phi) is 10.9. The van der Waals surface area contributed by atoms with E-state index in [1.807, 2.05) is 6.92 Å². The number of carbonyl (C=O) groups is 2. The number of amides is 2. The fraction of sp³-hybridized carbons (Fsp3) is 0.440. The van der Waals surface area contributed by atoms with Gasteiger partial charge in [0.05, 0.1) is 26.2 Å². The molecule has 0 aliphatic rings. The van der Waals surface area contributed by atoms with Gasteiger partial charge in [-0.25, -0.2) is 8.42 Å². The molecule has 0 aliphatic heterocycles. The van der Waals surface area contributed by atoms with Crippen LogP contribution < -0.4 is 19.1 Å². The van der Waals surface area contributed by atoms with Crippen molar-refractivity contribution >= 4 is 39.1 Å². The quantitative estimate of drug-likeness (QED) is 0.391. The average molecular weight is 540 g/mol. The molecular weight excluding hydrogens is 506 g/mol. The Labute approximate surface area is 218 Å². The van der Waals surface area contributed by atoms with Crippen LogP contribution >= 0.6 is 11.6 Å². The molecular formula is C25H34ClN3O6S. The molecule has 0 heterocycles. The minimum absolute atomic E-state index is 0.0260. The van der Waals surface area contributed by atoms with Crippen molar-refractivity contribution in [3.05, 3.63) is 53.1 Å². The molecule has 9 nitrogen and oxygen atoms in total. The summed E-state index contributed by atoms with van der Waals surface area (Å²) >= 11 is 6.33. The van der Waals surface area contributed by atoms with Crippen molar-refractivity contribution in [2.45, 2.75) is 39.3 Å². The van der Waals surface area contributed by atoms with Crippen LogP contribution in [0.3, 0.4) is 0 Å². The van der Waals surface area contributed by atoms with Crippen molar-refractivity contribution in [3.63, 3.8) is 0 Å². The third-order valence-corrected chi connectivity index (χ3v) is 7.13. The van der Waals surface area contributed by atoms with E-state index in [1.165, 1.54) is 31.3 Å². The lowest BCUT2D eigenvalue weighted by atomic mass is 10.1. The Hall–Kier alpha value is -2.98. The second kappa shape index (κ2) is 13.4. The van der Waals surface area contributed by atoms with Gasteiger partial charge in [-0.1, -0.05) is 43.1 Å². The summed E-state index contributed by atoms with van der Waals surface area (Å²) in [7, 11) is -1.03. The number of sulfonamides is 1. The van der Waals surface area contributed by atoms with E-state index in [9.17, 15) is 18.0 Å². The van der Waals surface area contributed by atoms with Crippen molar-refractivity contribution in [1.82, 2.24) is 10.2 Å². The van der Waals surface area contributed by atoms with Gasteiger partial charge in [0.25, 0.3) is 0 Å². The molecule has 2 rings (SSSR count). The number of carbonyl (C=O) groups excluding carboxylic acids is 2. The van der Waals surface area contributed by atoms with Gasteiger partial charge in [-0.3, -0.25) is 13.9 Å². The lowest BCUT2D eigenvalue weighted by Crippen LogP contribution is -2.51. The monoisotopic (exact) mass is 539 g/mol. The number of rotatable bonds is 13. The number of ether oxygens (including phenoxy) is 2. The normalized spacial score (nSPS) is 11.9. The van der Waals surface area contributed by atoms with E-state index in [2.05, 4.69) is 5.32 Å². The summed E-state index contributed by atoms with van der Waals surface area (Å²) in [5, 5.41) is 3.27. The molecule has 0 saturated heterocycles. The molecule has 0 saturated carbocycles. The molecule has 0 spiro atoms. The number of unbranched alkanes of at least 4 members (excludes halogenated alkanes) is 1. The molecule has 1 N–H and O–H groups in total. The van der Waals surface area contributed by atoms with Gasteiger partial charge in [0.1, 0.15) is 24.1 Å². The van der Waals surface area contributed by atoms with Crippen molar-refractivity contribution in [1.29, 1.82) is 0 Å². The highest BCUT2D eigenvalue weighted by Gasteiger charge is 2.31. The first-order valence-electron chi connectivity index (χ1n) is 11.5. The first kappa shape index (κ1) is 29.3. The fourth-order valence-electron chi connectivity index (χ4n) is 3.51. The molecule has 1 unspecified atom stereocenters. The molecule has 2 amide bonds. The van der Waals surface area contributed by atoms with Gasteiger partial charge in [-0.2, -0.15) is 0 Å². The highest BCUT2D eigenvalue weighted by Crippen LogP contribution is 2.33. The number of hydrogen-bond acceptors (Lipinski definition) is 6. The van der Waals surface area contributed by atoms with Crippen LogP contribution in [0.2, 0.25) is 5.02 Å². The molecule has 0 aromatic heterocycles. The average Bonchev–Trinajstić information content (AvgIpc) is 2.85. The number of hydrogen-bond donors (Lipinski definition) is 1. The summed E-state index contributed by atoms with van der Waals surface area (Å²) in [6, 6.07) is 10.7. The number of nitrogens with one attached hydrogen (secondary N) is 1. The van der Waals surface area contributed by atoms with Crippen LogP contribution in [0.25, 0.3) is 0 Å². The minimum atomic E-state index is -3.90. The number of anilines is 1. The van der Waals surface area contributed by atoms with Crippen LogP contribution in [0.15, 0.2) is 42.5 Å². The largest absolute Gasteiger partial charge is 0.497 e. The van der Waals surface area contributed by atoms with Crippen molar-refractivity contribution in [2.24, 2.45) is 0 Å². The Balaban J connectivity index is 2.44. The van der Waals surface area contributed by atoms with Gasteiger partial charge >= 0.3 is 0 Å². The second-order valence-corrected chi connectivity index (χ2v) is 10.6. The molecule has 2 aromatic carbocycles. The predicted molar refractivity (Wildman–Crippen MR) is 141 cm³/mol. The standard InChI is InChI=1S/C25H34ClN3O6S/c1-6-7-14-27-25(31)18(2)28(16-19-10-8-9-11-21(19)26)24(30)17-29(36(5,32)33)22-13-12-20(34-3)15-23(22)35-4/h8-13,15,18H,6-7,14,16-17H2,1-5H3,(H,27,31). The Morgan fingerprint density at radius 1 is 1.11 bits per heavy atom. The summed E-state index contributed by atoms with van der Waals surface area (Å²) in [5.41, 5.74) is 0.806. The number of nitrogens with zero attached hydrogens (tertiary/aromatic N) is 2. The molecule has 0 aliphatic carbocycles. The molecule has 36 heavy (non-hydrogen) atoms. The first-order valence-corrected chi connectivity index (χ1v) is 13.8. The van der Waals surface area contributed by atoms with Gasteiger partial charge in [-0.05, 0) is 37.1 Å². The predicted octanol–water partition coefficient (Wildman–Crippen LogP) is 3.46. The maximum Gasteiger partial charge on any atom is 0.244 e. The number of methoxy groups -OCH3 is 2. The van der Waals surface area contributed by atoms with Crippen LogP contribution in [0.1, 0.15) is 32.3 Å². The zero-order valence-corrected chi connectivity index (χ0v) is 22.9. The molecule has 0 radical (unpaired) electrons. The van der Waals surface area contributed by atoms with Crippen molar-refractivity contribution < 1.29 is 27.5 Å². The lowest BCUT2D eigenvalue weighted by Gasteiger charge is -2.32. The summed E-state index contributed by atoms with van der Waals surface area (Å²) in [5.74, 6) is -0.225. The second-order valence-electron chi connectivity index (χ2n) is 8.24. The van der Waals surface area contributed by atoms with Crippen molar-refractivity contribution in [2.75, 3.05) is 37.9 Å². The van der Waals surface area contributed by atoms with E-state index in [4.69, 9.17) is 21.1 Å². The maximum absolute atomic E-state index is 13.6. The third-order valence-electron chi connectivity index (χ3n) is 5.63. The highest BCUT2D eigenvalue weighted by atomic mass is 35.5. The van der Waals surface area contributed by atoms with Crippen LogP contribution in [0, 0.1) is 0 Å². The zero-order valence-electron chi connectivity index (χ0n) is 21.3. The molecule has 198 valence electrons. The van der Waals surface area contributed by atoms with Crippen LogP contribution in [-0.4, -0.2) is 64.7 Å². The van der Waals surface area contributed by atoms with Gasteiger partial charge < -0.3 is 19.7 Å². The molecule has 0 bridgehead atoms. The summed E-state index contributed by atoms with van der Waals surface area (Å²) in [6.07, 6.45) is 2.71. The van der Waals surface area contributed by atoms with Gasteiger partial charge in [0, 0.05) is 24.2 Å². The fourth-order valence-corrected chi connectivity index (χ4v) is 4.56. The first-order chi connectivity index (χ1) is 17.0. The number of benzene rings is 2. The van der Waals surface area contributed by atoms with E-state index < -0.39 is 28.5 Å². The van der Waals surface area contributed by atoms with Crippen LogP contribution in [0.4, 0.5) is 5.69 Å². The Morgan fingerprint density at radius 3 is 2.39 bits per heavy atom. The molecule has 0 fully saturated rings. The Bertz CT molecular complexity index is 1160. The van der Waals surface area contributed by atoms with E-state index >= 15 is 0 Å². The Morgan fingerprint density at radius 2 is 1.81 bits per heavy atom. The van der Waals surface area contributed by atoms with Gasteiger partial charge in [0.15, 0.2) is 0 Å². The minimum Gasteiger partial charge on any atom is -0.497 e. The summed E-state index contributed by atoms with van der Waals surface area (Å²) in [6.45, 7) is 3.58. The van der Waals surface area contributed by atoms with E-state index in [1.54, 1.807) is 37.3 Å². The van der Waals surface area contributed by atoms with E-state index in [-0.39, 0.29) is 23.9 Å². The molecule has 11 heteroatoms. The van der Waals surface area contributed by atoms with E-state index in [0.29, 0.717) is 22.9 Å². The molecule has 2 aromatic rings. The van der Waals surface area contributed by atoms with Gasteiger partial charge in [-0.15, -0.1) is 0 Å². The van der Waals surface area contributed by atoms with E-state index in [0.717, 1.165) is 23.4 Å². The molecule has 1 atom stereocenters. The lowest BCUT2D eigenvalue weighted by molar-refractivity contribution is -0.139. The highest BCUT2D eigenvalue weighted by molar-refractivity contribution is 7.92. The van der Waals surface area contributed by atoms with Crippen LogP contribution in [0.5, 0.6) is 11.5 Å². The van der Waals surface area contributed by atoms with Gasteiger partial charge in [0.2, 0.25) is 21.8 Å². The summed E-state index contributed by atoms with van der Waals surface area (Å²) in [4.78, 5) is 27.8. The van der Waals surface area contributed by atoms with Crippen molar-refractivity contribution in [3.8, 4) is 11.5 Å². The third kappa shape index (κ3) is 7.76. The number of halogens is 1. The topological polar surface area (TPSA) is 105 Å². The smallest absolute Gasteiger partial charge is 0.244 e.